The molecule has 0 fully saturated rings. The molecule has 0 aromatic carbocycles. The molecule has 2 rings (SSSR count). The van der Waals surface area contributed by atoms with Crippen LogP contribution in [0.3, 0.4) is 0 Å². The number of aliphatic hydroxyl groups excluding tert-OH is 1. The molecule has 0 aliphatic carbocycles. The van der Waals surface area contributed by atoms with Crippen LogP contribution in [-0.4, -0.2) is 26.5 Å². The van der Waals surface area contributed by atoms with Crippen molar-refractivity contribution in [2.45, 2.75) is 20.3 Å². The first-order chi connectivity index (χ1) is 7.83. The molecule has 0 unspecified atom stereocenters. The Bertz CT molecular complexity index is 475. The van der Waals surface area contributed by atoms with Crippen LogP contribution in [0.5, 0.6) is 0 Å². The summed E-state index contributed by atoms with van der Waals surface area (Å²) in [6.45, 7) is -0.00956. The van der Waals surface area contributed by atoms with Crippen LogP contribution < -0.4 is 0 Å². The molecule has 0 aliphatic heterocycles. The Kier molecular flexibility index (Phi) is 4.16. The summed E-state index contributed by atoms with van der Waals surface area (Å²) in [5.41, 5.74) is 0.813. The molecule has 2 aromatic heterocycles. The normalized spacial score (nSPS) is 10.6. The number of hydrogen-bond donors (Lipinski definition) is 1. The first kappa shape index (κ1) is 11.8. The van der Waals surface area contributed by atoms with Crippen molar-refractivity contribution >= 4 is 34.9 Å². The van der Waals surface area contributed by atoms with Gasteiger partial charge < -0.3 is 5.11 Å². The van der Waals surface area contributed by atoms with Crippen LogP contribution in [-0.2, 0) is 6.61 Å². The van der Waals surface area contributed by atoms with E-state index in [-0.39, 0.29) is 6.61 Å². The van der Waals surface area contributed by atoms with Crippen LogP contribution in [0.15, 0.2) is 32.0 Å². The molecular formula is C9H9N3OS3. The lowest BCUT2D eigenvalue weighted by atomic mass is 10.3. The molecule has 0 amide bonds. The van der Waals surface area contributed by atoms with Gasteiger partial charge in [-0.3, -0.25) is 0 Å². The molecule has 0 saturated heterocycles. The summed E-state index contributed by atoms with van der Waals surface area (Å²) in [5, 5.41) is 18.0. The Balaban J connectivity index is 2.19. The summed E-state index contributed by atoms with van der Waals surface area (Å²) in [6, 6.07) is 3.66. The molecule has 0 radical (unpaired) electrons. The van der Waals surface area contributed by atoms with E-state index in [1.165, 1.54) is 23.1 Å². The van der Waals surface area contributed by atoms with Gasteiger partial charge in [-0.25, -0.2) is 4.98 Å². The van der Waals surface area contributed by atoms with Gasteiger partial charge in [-0.1, -0.05) is 29.2 Å². The molecule has 1 N–H and O–H groups in total. The van der Waals surface area contributed by atoms with Crippen molar-refractivity contribution in [1.82, 2.24) is 15.2 Å². The summed E-state index contributed by atoms with van der Waals surface area (Å²) in [7, 11) is 0. The van der Waals surface area contributed by atoms with Gasteiger partial charge in [0.15, 0.2) is 8.68 Å². The molecule has 0 aliphatic rings. The number of aromatic nitrogens is 3. The number of aliphatic hydroxyl groups is 1. The number of thioether (sulfide) groups is 1. The van der Waals surface area contributed by atoms with Crippen molar-refractivity contribution in [3.63, 3.8) is 0 Å². The molecular weight excluding hydrogens is 262 g/mol. The van der Waals surface area contributed by atoms with E-state index in [1.807, 2.05) is 18.4 Å². The topological polar surface area (TPSA) is 58.9 Å². The lowest BCUT2D eigenvalue weighted by molar-refractivity contribution is 0.278. The van der Waals surface area contributed by atoms with Gasteiger partial charge in [0.1, 0.15) is 5.03 Å². The zero-order chi connectivity index (χ0) is 11.4. The summed E-state index contributed by atoms with van der Waals surface area (Å²) in [6.07, 6.45) is 3.67. The van der Waals surface area contributed by atoms with Gasteiger partial charge in [-0.05, 0) is 24.1 Å². The predicted molar refractivity (Wildman–Crippen MR) is 66.0 cm³/mol. The van der Waals surface area contributed by atoms with Gasteiger partial charge in [0.05, 0.1) is 6.61 Å². The molecule has 0 atom stereocenters. The van der Waals surface area contributed by atoms with E-state index in [1.54, 1.807) is 18.0 Å². The molecule has 2 aromatic rings. The average molecular weight is 271 g/mol. The number of hydrogen-bond acceptors (Lipinski definition) is 7. The predicted octanol–water partition coefficient (Wildman–Crippen LogP) is 2.30. The van der Waals surface area contributed by atoms with Crippen LogP contribution in [0, 0.1) is 0 Å². The fourth-order valence-electron chi connectivity index (χ4n) is 1.04. The highest BCUT2D eigenvalue weighted by Gasteiger charge is 2.09. The smallest absolute Gasteiger partial charge is 0.181 e. The van der Waals surface area contributed by atoms with Crippen molar-refractivity contribution < 1.29 is 5.11 Å². The van der Waals surface area contributed by atoms with Crippen molar-refractivity contribution in [1.29, 1.82) is 0 Å². The Labute approximate surface area is 106 Å². The summed E-state index contributed by atoms with van der Waals surface area (Å²) in [5.74, 6) is 0. The zero-order valence-corrected chi connectivity index (χ0v) is 10.9. The van der Waals surface area contributed by atoms with Gasteiger partial charge in [0, 0.05) is 11.8 Å². The molecule has 7 heteroatoms. The highest BCUT2D eigenvalue weighted by Crippen LogP contribution is 2.33. The van der Waals surface area contributed by atoms with Crippen molar-refractivity contribution in [3.05, 3.63) is 23.9 Å². The third kappa shape index (κ3) is 2.73. The first-order valence-electron chi connectivity index (χ1n) is 4.43. The SMILES string of the molecule is CSc1nnc(Sc2ncccc2CO)s1. The van der Waals surface area contributed by atoms with Gasteiger partial charge in [0.25, 0.3) is 0 Å². The number of rotatable bonds is 4. The van der Waals surface area contributed by atoms with E-state index >= 15 is 0 Å². The van der Waals surface area contributed by atoms with E-state index in [0.29, 0.717) is 0 Å². The Morgan fingerprint density at radius 1 is 1.38 bits per heavy atom. The molecule has 0 bridgehead atoms. The van der Waals surface area contributed by atoms with E-state index in [2.05, 4.69) is 15.2 Å². The van der Waals surface area contributed by atoms with Crippen LogP contribution in [0.4, 0.5) is 0 Å². The number of nitrogens with zero attached hydrogens (tertiary/aromatic N) is 3. The van der Waals surface area contributed by atoms with E-state index in [4.69, 9.17) is 5.11 Å². The lowest BCUT2D eigenvalue weighted by Gasteiger charge is -2.01. The maximum absolute atomic E-state index is 9.16. The fourth-order valence-corrected chi connectivity index (χ4v) is 3.47. The monoisotopic (exact) mass is 271 g/mol. The maximum atomic E-state index is 9.16. The largest absolute Gasteiger partial charge is 0.392 e. The summed E-state index contributed by atoms with van der Waals surface area (Å²) < 4.78 is 1.78. The minimum Gasteiger partial charge on any atom is -0.392 e. The minimum absolute atomic E-state index is 0.00956. The molecule has 0 spiro atoms. The molecule has 4 nitrogen and oxygen atoms in total. The molecule has 2 heterocycles. The summed E-state index contributed by atoms with van der Waals surface area (Å²) in [4.78, 5) is 4.21. The number of pyridine rings is 1. The zero-order valence-electron chi connectivity index (χ0n) is 8.45. The summed E-state index contributed by atoms with van der Waals surface area (Å²) >= 11 is 4.54. The van der Waals surface area contributed by atoms with E-state index < -0.39 is 0 Å². The van der Waals surface area contributed by atoms with Gasteiger partial charge >= 0.3 is 0 Å². The van der Waals surface area contributed by atoms with Crippen LogP contribution in [0.1, 0.15) is 5.56 Å². The quantitative estimate of drug-likeness (QED) is 0.861. The first-order valence-corrected chi connectivity index (χ1v) is 7.29. The average Bonchev–Trinajstić information content (AvgIpc) is 2.77. The Morgan fingerprint density at radius 2 is 2.19 bits per heavy atom. The fraction of sp³-hybridized carbons (Fsp3) is 0.222. The van der Waals surface area contributed by atoms with E-state index in [9.17, 15) is 0 Å². The van der Waals surface area contributed by atoms with Crippen LogP contribution >= 0.6 is 34.9 Å². The van der Waals surface area contributed by atoms with Crippen molar-refractivity contribution in [2.24, 2.45) is 0 Å². The molecule has 0 saturated carbocycles. The van der Waals surface area contributed by atoms with E-state index in [0.717, 1.165) is 19.3 Å². The molecule has 84 valence electrons. The third-order valence-electron chi connectivity index (χ3n) is 1.77. The second kappa shape index (κ2) is 5.62. The van der Waals surface area contributed by atoms with Crippen LogP contribution in [0.25, 0.3) is 0 Å². The van der Waals surface area contributed by atoms with Gasteiger partial charge in [-0.2, -0.15) is 0 Å². The van der Waals surface area contributed by atoms with Crippen molar-refractivity contribution in [2.75, 3.05) is 6.26 Å². The third-order valence-corrected chi connectivity index (χ3v) is 4.78. The highest BCUT2D eigenvalue weighted by molar-refractivity contribution is 8.03. The van der Waals surface area contributed by atoms with Crippen LogP contribution in [0.2, 0.25) is 0 Å². The lowest BCUT2D eigenvalue weighted by Crippen LogP contribution is -1.89. The Hall–Kier alpha value is -0.630. The maximum Gasteiger partial charge on any atom is 0.181 e. The van der Waals surface area contributed by atoms with Gasteiger partial charge in [0.2, 0.25) is 0 Å². The molecule has 16 heavy (non-hydrogen) atoms. The van der Waals surface area contributed by atoms with Crippen molar-refractivity contribution in [3.8, 4) is 0 Å². The second-order valence-corrected chi connectivity index (χ2v) is 6.03. The highest BCUT2D eigenvalue weighted by atomic mass is 32.2. The second-order valence-electron chi connectivity index (χ2n) is 2.77. The Morgan fingerprint density at radius 3 is 2.88 bits per heavy atom. The van der Waals surface area contributed by atoms with Gasteiger partial charge in [-0.15, -0.1) is 10.2 Å². The standard InChI is InChI=1S/C9H9N3OS3/c1-14-8-11-12-9(16-8)15-7-6(5-13)3-2-4-10-7/h2-4,13H,5H2,1H3. The minimum atomic E-state index is -0.00956.